The van der Waals surface area contributed by atoms with Crippen LogP contribution in [0.3, 0.4) is 0 Å². The van der Waals surface area contributed by atoms with Gasteiger partial charge in [0.25, 0.3) is 0 Å². The average molecular weight is 544 g/mol. The third kappa shape index (κ3) is 6.17. The highest BCUT2D eigenvalue weighted by atomic mass is 35.5. The topological polar surface area (TPSA) is 75.2 Å². The summed E-state index contributed by atoms with van der Waals surface area (Å²) in [6.45, 7) is 6.96. The zero-order valence-electron chi connectivity index (χ0n) is 22.4. The fraction of sp³-hybridized carbons (Fsp3) is 0.290. The molecule has 8 heteroatoms. The van der Waals surface area contributed by atoms with Crippen LogP contribution in [0.15, 0.2) is 77.8 Å². The molecule has 0 atom stereocenters. The third-order valence-corrected chi connectivity index (χ3v) is 7.37. The molecule has 2 heterocycles. The lowest BCUT2D eigenvalue weighted by molar-refractivity contribution is -0.120. The third-order valence-electron chi connectivity index (χ3n) is 7.13. The Kier molecular flexibility index (Phi) is 8.31. The number of piperazine rings is 1. The normalized spacial score (nSPS) is 15.1. The highest BCUT2D eigenvalue weighted by Gasteiger charge is 2.22. The van der Waals surface area contributed by atoms with Crippen LogP contribution < -0.4 is 4.90 Å². The first-order chi connectivity index (χ1) is 18.9. The van der Waals surface area contributed by atoms with Gasteiger partial charge in [0.05, 0.1) is 29.0 Å². The van der Waals surface area contributed by atoms with Gasteiger partial charge < -0.3 is 19.9 Å². The number of fused-ring (bicyclic) bond motifs is 1. The Hall–Kier alpha value is -3.65. The van der Waals surface area contributed by atoms with Crippen LogP contribution >= 0.6 is 11.6 Å². The molecular weight excluding hydrogens is 510 g/mol. The lowest BCUT2D eigenvalue weighted by Crippen LogP contribution is -2.49. The summed E-state index contributed by atoms with van der Waals surface area (Å²) in [5, 5.41) is 12.3. The highest BCUT2D eigenvalue weighted by Crippen LogP contribution is 2.33. The van der Waals surface area contributed by atoms with Gasteiger partial charge in [-0.25, -0.2) is 4.99 Å². The van der Waals surface area contributed by atoms with Crippen molar-refractivity contribution in [3.05, 3.63) is 88.9 Å². The number of amides is 1. The van der Waals surface area contributed by atoms with Crippen molar-refractivity contribution in [2.24, 2.45) is 4.99 Å². The summed E-state index contributed by atoms with van der Waals surface area (Å²) in [6.07, 6.45) is 0.871. The number of aromatic amines is 1. The largest absolute Gasteiger partial charge is 0.494 e. The van der Waals surface area contributed by atoms with E-state index < -0.39 is 0 Å². The minimum atomic E-state index is 0.0371. The first-order valence-electron chi connectivity index (χ1n) is 13.4. The van der Waals surface area contributed by atoms with E-state index in [0.29, 0.717) is 29.4 Å². The van der Waals surface area contributed by atoms with E-state index >= 15 is 0 Å². The standard InChI is InChI=1S/C31H34ClN5O2/c1-3-15-37(28(38)21-36-18-16-35(2)17-19-36)25-12-10-24(11-13-25)33-30(22-7-5-4-6-8-22)29-26-14-9-23(32)20-27(26)34-31(29)39/h4-14,20,34,39H,3,15-19,21H2,1-2H3. The minimum absolute atomic E-state index is 0.0371. The molecular formula is C31H34ClN5O2. The maximum absolute atomic E-state index is 13.3. The van der Waals surface area contributed by atoms with Crippen molar-refractivity contribution in [3.63, 3.8) is 0 Å². The quantitative estimate of drug-likeness (QED) is 0.280. The van der Waals surface area contributed by atoms with Gasteiger partial charge >= 0.3 is 0 Å². The molecule has 1 aliphatic heterocycles. The SMILES string of the molecule is CCCN(C(=O)CN1CCN(C)CC1)c1ccc(N=C(c2ccccc2)c2c(O)[nH]c3cc(Cl)ccc23)cc1. The van der Waals surface area contributed by atoms with Gasteiger partial charge in [-0.15, -0.1) is 0 Å². The number of aromatic hydroxyl groups is 1. The minimum Gasteiger partial charge on any atom is -0.494 e. The predicted octanol–water partition coefficient (Wildman–Crippen LogP) is 5.69. The van der Waals surface area contributed by atoms with Gasteiger partial charge in [0, 0.05) is 54.4 Å². The highest BCUT2D eigenvalue weighted by molar-refractivity contribution is 6.31. The van der Waals surface area contributed by atoms with E-state index in [1.54, 1.807) is 12.1 Å². The summed E-state index contributed by atoms with van der Waals surface area (Å²) < 4.78 is 0. The number of carbonyl (C=O) groups is 1. The molecule has 0 unspecified atom stereocenters. The molecule has 2 N–H and O–H groups in total. The number of halogens is 1. The van der Waals surface area contributed by atoms with Crippen LogP contribution in [0, 0.1) is 0 Å². The maximum Gasteiger partial charge on any atom is 0.241 e. The number of rotatable bonds is 8. The Morgan fingerprint density at radius 3 is 2.44 bits per heavy atom. The van der Waals surface area contributed by atoms with E-state index in [-0.39, 0.29) is 11.8 Å². The number of anilines is 1. The molecule has 202 valence electrons. The molecule has 0 aliphatic carbocycles. The second-order valence-electron chi connectivity index (χ2n) is 10.0. The Balaban J connectivity index is 1.46. The monoisotopic (exact) mass is 543 g/mol. The van der Waals surface area contributed by atoms with Gasteiger partial charge in [0.15, 0.2) is 5.88 Å². The number of nitrogens with one attached hydrogen (secondary N) is 1. The molecule has 7 nitrogen and oxygen atoms in total. The van der Waals surface area contributed by atoms with E-state index in [1.807, 2.05) is 65.6 Å². The van der Waals surface area contributed by atoms with Crippen molar-refractivity contribution in [2.75, 3.05) is 51.2 Å². The molecule has 1 fully saturated rings. The van der Waals surface area contributed by atoms with E-state index in [1.165, 1.54) is 0 Å². The summed E-state index contributed by atoms with van der Waals surface area (Å²) in [5.41, 5.74) is 4.47. The van der Waals surface area contributed by atoms with E-state index in [4.69, 9.17) is 16.6 Å². The van der Waals surface area contributed by atoms with Crippen LogP contribution in [0.5, 0.6) is 5.88 Å². The first kappa shape index (κ1) is 26.9. The van der Waals surface area contributed by atoms with Crippen molar-refractivity contribution in [1.29, 1.82) is 0 Å². The van der Waals surface area contributed by atoms with Crippen molar-refractivity contribution in [1.82, 2.24) is 14.8 Å². The predicted molar refractivity (Wildman–Crippen MR) is 160 cm³/mol. The second kappa shape index (κ2) is 12.0. The van der Waals surface area contributed by atoms with Crippen LogP contribution in [0.4, 0.5) is 11.4 Å². The summed E-state index contributed by atoms with van der Waals surface area (Å²) in [6, 6.07) is 23.0. The number of aromatic nitrogens is 1. The molecule has 4 aromatic rings. The number of likely N-dealkylation sites (N-methyl/N-ethyl adjacent to an activating group) is 1. The number of hydrogen-bond acceptors (Lipinski definition) is 5. The van der Waals surface area contributed by atoms with Gasteiger partial charge in [-0.2, -0.15) is 0 Å². The number of nitrogens with zero attached hydrogens (tertiary/aromatic N) is 4. The Labute approximate surface area is 234 Å². The molecule has 0 bridgehead atoms. The van der Waals surface area contributed by atoms with Crippen molar-refractivity contribution < 1.29 is 9.90 Å². The van der Waals surface area contributed by atoms with Crippen LogP contribution in [-0.4, -0.2) is 77.8 Å². The molecule has 1 aliphatic rings. The molecule has 1 aromatic heterocycles. The molecule has 1 saturated heterocycles. The lowest BCUT2D eigenvalue weighted by Gasteiger charge is -2.33. The number of aliphatic imine (C=N–C) groups is 1. The molecule has 0 radical (unpaired) electrons. The van der Waals surface area contributed by atoms with Crippen LogP contribution in [0.2, 0.25) is 5.02 Å². The van der Waals surface area contributed by atoms with Gasteiger partial charge in [-0.05, 0) is 49.9 Å². The van der Waals surface area contributed by atoms with Crippen LogP contribution in [0.25, 0.3) is 10.9 Å². The Morgan fingerprint density at radius 1 is 1.03 bits per heavy atom. The number of carbonyl (C=O) groups excluding carboxylic acids is 1. The van der Waals surface area contributed by atoms with Gasteiger partial charge in [0.2, 0.25) is 5.91 Å². The Morgan fingerprint density at radius 2 is 1.74 bits per heavy atom. The fourth-order valence-electron chi connectivity index (χ4n) is 5.00. The van der Waals surface area contributed by atoms with Crippen LogP contribution in [-0.2, 0) is 4.79 Å². The number of hydrogen-bond donors (Lipinski definition) is 2. The molecule has 1 amide bonds. The van der Waals surface area contributed by atoms with Crippen LogP contribution in [0.1, 0.15) is 24.5 Å². The summed E-state index contributed by atoms with van der Waals surface area (Å²) >= 11 is 6.19. The smallest absolute Gasteiger partial charge is 0.241 e. The van der Waals surface area contributed by atoms with E-state index in [9.17, 15) is 9.90 Å². The average Bonchev–Trinajstić information content (AvgIpc) is 3.27. The zero-order valence-corrected chi connectivity index (χ0v) is 23.2. The molecule has 0 saturated carbocycles. The Bertz CT molecular complexity index is 1460. The maximum atomic E-state index is 13.3. The summed E-state index contributed by atoms with van der Waals surface area (Å²) in [7, 11) is 2.12. The number of H-pyrrole nitrogens is 1. The number of benzene rings is 3. The second-order valence-corrected chi connectivity index (χ2v) is 10.4. The molecule has 39 heavy (non-hydrogen) atoms. The van der Waals surface area contributed by atoms with Crippen molar-refractivity contribution in [3.8, 4) is 5.88 Å². The lowest BCUT2D eigenvalue weighted by atomic mass is 10.0. The fourth-order valence-corrected chi connectivity index (χ4v) is 5.17. The van der Waals surface area contributed by atoms with Crippen molar-refractivity contribution in [2.45, 2.75) is 13.3 Å². The van der Waals surface area contributed by atoms with Gasteiger partial charge in [0.1, 0.15) is 0 Å². The van der Waals surface area contributed by atoms with Crippen molar-refractivity contribution >= 4 is 45.5 Å². The molecule has 5 rings (SSSR count). The molecule has 3 aromatic carbocycles. The van der Waals surface area contributed by atoms with Gasteiger partial charge in [-0.3, -0.25) is 9.69 Å². The van der Waals surface area contributed by atoms with E-state index in [0.717, 1.165) is 60.4 Å². The zero-order chi connectivity index (χ0) is 27.4. The summed E-state index contributed by atoms with van der Waals surface area (Å²) in [5.74, 6) is 0.153. The first-order valence-corrected chi connectivity index (χ1v) is 13.8. The summed E-state index contributed by atoms with van der Waals surface area (Å²) in [4.78, 5) is 27.7. The molecule has 0 spiro atoms. The van der Waals surface area contributed by atoms with Gasteiger partial charge in [-0.1, -0.05) is 54.9 Å². The van der Waals surface area contributed by atoms with E-state index in [2.05, 4.69) is 28.8 Å².